The topological polar surface area (TPSA) is 80.5 Å². The first-order chi connectivity index (χ1) is 8.41. The number of benzene rings is 1. The van der Waals surface area contributed by atoms with Crippen molar-refractivity contribution in [1.82, 2.24) is 4.31 Å². The predicted molar refractivity (Wildman–Crippen MR) is 70.2 cm³/mol. The van der Waals surface area contributed by atoms with Gasteiger partial charge in [-0.1, -0.05) is 22.0 Å². The number of hydrogen-bond acceptors (Lipinski definition) is 3. The maximum atomic E-state index is 12.3. The smallest absolute Gasteiger partial charge is 0.243 e. The molecule has 7 heteroatoms. The van der Waals surface area contributed by atoms with E-state index in [-0.39, 0.29) is 17.4 Å². The summed E-state index contributed by atoms with van der Waals surface area (Å²) in [5, 5.41) is 0. The van der Waals surface area contributed by atoms with E-state index in [2.05, 4.69) is 15.9 Å². The minimum Gasteiger partial charge on any atom is -0.369 e. The molecule has 1 atom stereocenters. The lowest BCUT2D eigenvalue weighted by atomic mass is 10.1. The molecule has 2 N–H and O–H groups in total. The monoisotopic (exact) mass is 332 g/mol. The van der Waals surface area contributed by atoms with Crippen LogP contribution in [0.15, 0.2) is 33.6 Å². The van der Waals surface area contributed by atoms with Crippen LogP contribution < -0.4 is 5.73 Å². The van der Waals surface area contributed by atoms with Gasteiger partial charge in [-0.15, -0.1) is 0 Å². The van der Waals surface area contributed by atoms with Crippen molar-refractivity contribution in [1.29, 1.82) is 0 Å². The Morgan fingerprint density at radius 2 is 2.17 bits per heavy atom. The summed E-state index contributed by atoms with van der Waals surface area (Å²) in [6.45, 7) is 0.507. The fraction of sp³-hybridized carbons (Fsp3) is 0.364. The van der Waals surface area contributed by atoms with Crippen LogP contribution in [0.3, 0.4) is 0 Å². The molecule has 1 aliphatic rings. The van der Waals surface area contributed by atoms with Crippen LogP contribution in [0, 0.1) is 5.92 Å². The summed E-state index contributed by atoms with van der Waals surface area (Å²) >= 11 is 3.24. The van der Waals surface area contributed by atoms with Crippen LogP contribution in [0.2, 0.25) is 0 Å². The van der Waals surface area contributed by atoms with Crippen molar-refractivity contribution in [2.75, 3.05) is 13.1 Å². The Labute approximate surface area is 114 Å². The van der Waals surface area contributed by atoms with Gasteiger partial charge >= 0.3 is 0 Å². The molecule has 1 heterocycles. The molecule has 1 aromatic carbocycles. The minimum absolute atomic E-state index is 0.171. The van der Waals surface area contributed by atoms with Gasteiger partial charge in [0.15, 0.2) is 0 Å². The van der Waals surface area contributed by atoms with E-state index in [1.54, 1.807) is 18.2 Å². The SMILES string of the molecule is NC(=O)C1CCN(S(=O)(=O)c2cccc(Br)c2)C1. The van der Waals surface area contributed by atoms with Gasteiger partial charge in [0.1, 0.15) is 0 Å². The Morgan fingerprint density at radius 3 is 2.72 bits per heavy atom. The average molecular weight is 333 g/mol. The highest BCUT2D eigenvalue weighted by atomic mass is 79.9. The van der Waals surface area contributed by atoms with Gasteiger partial charge in [0, 0.05) is 17.6 Å². The van der Waals surface area contributed by atoms with E-state index in [4.69, 9.17) is 5.73 Å². The Kier molecular flexibility index (Phi) is 3.74. The lowest BCUT2D eigenvalue weighted by Gasteiger charge is -2.16. The molecule has 18 heavy (non-hydrogen) atoms. The summed E-state index contributed by atoms with van der Waals surface area (Å²) < 4.78 is 26.6. The molecule has 2 rings (SSSR count). The molecular weight excluding hydrogens is 320 g/mol. The second kappa shape index (κ2) is 4.99. The molecule has 98 valence electrons. The van der Waals surface area contributed by atoms with E-state index in [0.29, 0.717) is 17.4 Å². The van der Waals surface area contributed by atoms with E-state index in [0.717, 1.165) is 0 Å². The van der Waals surface area contributed by atoms with Gasteiger partial charge < -0.3 is 5.73 Å². The number of amides is 1. The van der Waals surface area contributed by atoms with Crippen LogP contribution in [-0.4, -0.2) is 31.7 Å². The van der Waals surface area contributed by atoms with Crippen molar-refractivity contribution in [3.05, 3.63) is 28.7 Å². The third-order valence-corrected chi connectivity index (χ3v) is 5.34. The van der Waals surface area contributed by atoms with E-state index in [1.807, 2.05) is 0 Å². The van der Waals surface area contributed by atoms with Crippen LogP contribution in [0.4, 0.5) is 0 Å². The van der Waals surface area contributed by atoms with Crippen LogP contribution in [0.1, 0.15) is 6.42 Å². The Balaban J connectivity index is 2.25. The summed E-state index contributed by atoms with van der Waals surface area (Å²) in [7, 11) is -3.53. The molecule has 1 aliphatic heterocycles. The van der Waals surface area contributed by atoms with Gasteiger partial charge in [0.05, 0.1) is 10.8 Å². The van der Waals surface area contributed by atoms with Crippen molar-refractivity contribution in [2.45, 2.75) is 11.3 Å². The summed E-state index contributed by atoms with van der Waals surface area (Å²) in [6, 6.07) is 6.51. The van der Waals surface area contributed by atoms with Crippen LogP contribution >= 0.6 is 15.9 Å². The summed E-state index contributed by atoms with van der Waals surface area (Å²) in [4.78, 5) is 11.3. The number of carbonyl (C=O) groups excluding carboxylic acids is 1. The van der Waals surface area contributed by atoms with Crippen molar-refractivity contribution >= 4 is 31.9 Å². The molecule has 0 bridgehead atoms. The molecule has 0 aromatic heterocycles. The Bertz CT molecular complexity index is 573. The van der Waals surface area contributed by atoms with Gasteiger partial charge in [-0.25, -0.2) is 8.42 Å². The molecular formula is C11H13BrN2O3S. The normalized spacial score (nSPS) is 21.1. The highest BCUT2D eigenvalue weighted by Crippen LogP contribution is 2.25. The standard InChI is InChI=1S/C11H13BrN2O3S/c12-9-2-1-3-10(6-9)18(16,17)14-5-4-8(7-14)11(13)15/h1-3,6,8H,4-5,7H2,(H2,13,15). The maximum absolute atomic E-state index is 12.3. The molecule has 5 nitrogen and oxygen atoms in total. The summed E-state index contributed by atoms with van der Waals surface area (Å²) in [6.07, 6.45) is 0.489. The third-order valence-electron chi connectivity index (χ3n) is 2.99. The molecule has 0 saturated carbocycles. The lowest BCUT2D eigenvalue weighted by molar-refractivity contribution is -0.121. The molecule has 0 spiro atoms. The summed E-state index contributed by atoms with van der Waals surface area (Å²) in [5.41, 5.74) is 5.20. The van der Waals surface area contributed by atoms with Crippen LogP contribution in [0.5, 0.6) is 0 Å². The molecule has 1 saturated heterocycles. The number of rotatable bonds is 3. The van der Waals surface area contributed by atoms with Crippen molar-refractivity contribution < 1.29 is 13.2 Å². The first-order valence-corrected chi connectivity index (χ1v) is 7.69. The molecule has 0 aliphatic carbocycles. The lowest BCUT2D eigenvalue weighted by Crippen LogP contribution is -2.31. The predicted octanol–water partition coefficient (Wildman–Crippen LogP) is 0.945. The number of primary amides is 1. The highest BCUT2D eigenvalue weighted by molar-refractivity contribution is 9.10. The number of sulfonamides is 1. The largest absolute Gasteiger partial charge is 0.369 e. The zero-order valence-electron chi connectivity index (χ0n) is 9.54. The third kappa shape index (κ3) is 2.57. The van der Waals surface area contributed by atoms with E-state index in [1.165, 1.54) is 10.4 Å². The fourth-order valence-corrected chi connectivity index (χ4v) is 4.05. The van der Waals surface area contributed by atoms with E-state index < -0.39 is 15.9 Å². The number of carbonyl (C=O) groups is 1. The fourth-order valence-electron chi connectivity index (χ4n) is 1.96. The van der Waals surface area contributed by atoms with Crippen molar-refractivity contribution in [2.24, 2.45) is 11.7 Å². The number of nitrogens with two attached hydrogens (primary N) is 1. The number of nitrogens with zero attached hydrogens (tertiary/aromatic N) is 1. The van der Waals surface area contributed by atoms with Gasteiger partial charge in [0.25, 0.3) is 0 Å². The van der Waals surface area contributed by atoms with Crippen molar-refractivity contribution in [3.63, 3.8) is 0 Å². The number of hydrogen-bond donors (Lipinski definition) is 1. The second-order valence-corrected chi connectivity index (χ2v) is 7.06. The van der Waals surface area contributed by atoms with Crippen LogP contribution in [0.25, 0.3) is 0 Å². The van der Waals surface area contributed by atoms with Gasteiger partial charge in [0.2, 0.25) is 15.9 Å². The quantitative estimate of drug-likeness (QED) is 0.894. The van der Waals surface area contributed by atoms with E-state index in [9.17, 15) is 13.2 Å². The zero-order chi connectivity index (χ0) is 13.3. The molecule has 0 radical (unpaired) electrons. The first kappa shape index (κ1) is 13.5. The van der Waals surface area contributed by atoms with Crippen molar-refractivity contribution in [3.8, 4) is 0 Å². The summed E-state index contributed by atoms with van der Waals surface area (Å²) in [5.74, 6) is -0.825. The number of halogens is 1. The highest BCUT2D eigenvalue weighted by Gasteiger charge is 2.34. The van der Waals surface area contributed by atoms with Crippen LogP contribution in [-0.2, 0) is 14.8 Å². The van der Waals surface area contributed by atoms with Gasteiger partial charge in [-0.2, -0.15) is 4.31 Å². The van der Waals surface area contributed by atoms with Gasteiger partial charge in [-0.05, 0) is 24.6 Å². The Hall–Kier alpha value is -0.920. The minimum atomic E-state index is -3.53. The Morgan fingerprint density at radius 1 is 1.44 bits per heavy atom. The molecule has 1 fully saturated rings. The maximum Gasteiger partial charge on any atom is 0.243 e. The zero-order valence-corrected chi connectivity index (χ0v) is 11.9. The van der Waals surface area contributed by atoms with E-state index >= 15 is 0 Å². The average Bonchev–Trinajstić information content (AvgIpc) is 2.79. The first-order valence-electron chi connectivity index (χ1n) is 5.46. The molecule has 1 unspecified atom stereocenters. The molecule has 1 amide bonds. The molecule has 1 aromatic rings. The second-order valence-electron chi connectivity index (χ2n) is 4.21. The van der Waals surface area contributed by atoms with Gasteiger partial charge in [-0.3, -0.25) is 4.79 Å².